The van der Waals surface area contributed by atoms with Crippen molar-refractivity contribution >= 4 is 36.7 Å². The summed E-state index contributed by atoms with van der Waals surface area (Å²) in [6.45, 7) is 0.556. The van der Waals surface area contributed by atoms with Gasteiger partial charge in [-0.25, -0.2) is 13.4 Å². The smallest absolute Gasteiger partial charge is 0.237 e. The molecule has 1 fully saturated rings. The number of nitrogens with zero attached hydrogens (tertiary/aromatic N) is 3. The number of para-hydroxylation sites is 2. The molecule has 6 nitrogen and oxygen atoms in total. The summed E-state index contributed by atoms with van der Waals surface area (Å²) in [6, 6.07) is 7.54. The molecule has 1 saturated heterocycles. The van der Waals surface area contributed by atoms with E-state index in [9.17, 15) is 13.2 Å². The summed E-state index contributed by atoms with van der Waals surface area (Å²) < 4.78 is 22.6. The maximum atomic E-state index is 11.8. The molecule has 3 rings (SSSR count). The van der Waals surface area contributed by atoms with Crippen LogP contribution in [0.25, 0.3) is 11.0 Å². The molecule has 2 aromatic rings. The molecule has 0 spiro atoms. The van der Waals surface area contributed by atoms with Gasteiger partial charge < -0.3 is 4.90 Å². The molecule has 1 aromatic heterocycles. The van der Waals surface area contributed by atoms with E-state index in [1.165, 1.54) is 4.90 Å². The van der Waals surface area contributed by atoms with Gasteiger partial charge in [-0.05, 0) is 12.1 Å². The lowest BCUT2D eigenvalue weighted by atomic mass is 10.2. The fraction of sp³-hybridized carbons (Fsp3) is 0.357. The number of carbonyl (C=O) groups is 1. The van der Waals surface area contributed by atoms with Gasteiger partial charge in [0.15, 0.2) is 0 Å². The number of carbonyl (C=O) groups excluding carboxylic acids is 1. The fourth-order valence-electron chi connectivity index (χ4n) is 2.51. The molecule has 2 heterocycles. The third kappa shape index (κ3) is 3.20. The Morgan fingerprint density at radius 1 is 1.27 bits per heavy atom. The van der Waals surface area contributed by atoms with Crippen LogP contribution in [0.2, 0.25) is 0 Å². The summed E-state index contributed by atoms with van der Waals surface area (Å²) in [5.74, 6) is -0.192. The highest BCUT2D eigenvalue weighted by Crippen LogP contribution is 2.21. The van der Waals surface area contributed by atoms with Gasteiger partial charge in [-0.15, -0.1) is 0 Å². The summed E-state index contributed by atoms with van der Waals surface area (Å²) in [6.07, 6.45) is 2.16. The van der Waals surface area contributed by atoms with Gasteiger partial charge in [0.2, 0.25) is 15.0 Å². The van der Waals surface area contributed by atoms with Crippen molar-refractivity contribution in [2.45, 2.75) is 18.1 Å². The van der Waals surface area contributed by atoms with E-state index >= 15 is 0 Å². The average Bonchev–Trinajstić information content (AvgIpc) is 2.86. The van der Waals surface area contributed by atoms with Gasteiger partial charge in [0.25, 0.3) is 0 Å². The first-order chi connectivity index (χ1) is 10.4. The molecule has 1 aliphatic heterocycles. The van der Waals surface area contributed by atoms with Gasteiger partial charge in [0, 0.05) is 42.8 Å². The molecule has 0 N–H and O–H groups in total. The van der Waals surface area contributed by atoms with Crippen molar-refractivity contribution < 1.29 is 13.2 Å². The molecule has 1 aliphatic rings. The zero-order chi connectivity index (χ0) is 15.7. The highest BCUT2D eigenvalue weighted by atomic mass is 35.7. The Kier molecular flexibility index (Phi) is 4.01. The highest BCUT2D eigenvalue weighted by molar-refractivity contribution is 8.14. The lowest BCUT2D eigenvalue weighted by Crippen LogP contribution is -2.29. The van der Waals surface area contributed by atoms with Crippen LogP contribution in [-0.4, -0.2) is 47.5 Å². The Balaban J connectivity index is 1.68. The van der Waals surface area contributed by atoms with Crippen molar-refractivity contribution in [2.24, 2.45) is 0 Å². The SMILES string of the molecule is O=C1CC(S(=O)(=O)Cl)CN1CCc1cnc2ccccc2n1. The van der Waals surface area contributed by atoms with Crippen molar-refractivity contribution in [2.75, 3.05) is 13.1 Å². The van der Waals surface area contributed by atoms with Crippen molar-refractivity contribution in [3.63, 3.8) is 0 Å². The van der Waals surface area contributed by atoms with E-state index in [2.05, 4.69) is 9.97 Å². The molecule has 8 heteroatoms. The predicted molar refractivity (Wildman–Crippen MR) is 83.0 cm³/mol. The average molecular weight is 340 g/mol. The molecule has 116 valence electrons. The van der Waals surface area contributed by atoms with Gasteiger partial charge in [-0.2, -0.15) is 0 Å². The van der Waals surface area contributed by atoms with Crippen LogP contribution in [0.1, 0.15) is 12.1 Å². The molecule has 1 amide bonds. The van der Waals surface area contributed by atoms with Crippen LogP contribution in [0.15, 0.2) is 30.5 Å². The first-order valence-corrected chi connectivity index (χ1v) is 9.22. The summed E-state index contributed by atoms with van der Waals surface area (Å²) in [5, 5.41) is -0.815. The summed E-state index contributed by atoms with van der Waals surface area (Å²) in [5.41, 5.74) is 2.38. The van der Waals surface area contributed by atoms with Gasteiger partial charge in [0.1, 0.15) is 5.25 Å². The maximum Gasteiger partial charge on any atom is 0.237 e. The van der Waals surface area contributed by atoms with E-state index in [4.69, 9.17) is 10.7 Å². The third-order valence-corrected chi connectivity index (χ3v) is 5.58. The van der Waals surface area contributed by atoms with Crippen molar-refractivity contribution in [1.29, 1.82) is 0 Å². The van der Waals surface area contributed by atoms with E-state index in [-0.39, 0.29) is 18.9 Å². The Labute approximate surface area is 132 Å². The standard InChI is InChI=1S/C14H14ClN3O3S/c15-22(20,21)11-7-14(19)18(9-11)6-5-10-8-16-12-3-1-2-4-13(12)17-10/h1-4,8,11H,5-7,9H2. The Morgan fingerprint density at radius 3 is 2.68 bits per heavy atom. The van der Waals surface area contributed by atoms with Crippen LogP contribution in [-0.2, 0) is 20.3 Å². The lowest BCUT2D eigenvalue weighted by Gasteiger charge is -2.15. The second kappa shape index (κ2) is 5.81. The van der Waals surface area contributed by atoms with Crippen LogP contribution < -0.4 is 0 Å². The number of fused-ring (bicyclic) bond motifs is 1. The molecule has 0 saturated carbocycles. The topological polar surface area (TPSA) is 80.2 Å². The van der Waals surface area contributed by atoms with Crippen molar-refractivity contribution in [3.05, 3.63) is 36.2 Å². The number of aromatic nitrogens is 2. The summed E-state index contributed by atoms with van der Waals surface area (Å²) in [7, 11) is 1.63. The molecule has 0 radical (unpaired) electrons. The first kappa shape index (κ1) is 15.2. The highest BCUT2D eigenvalue weighted by Gasteiger charge is 2.36. The van der Waals surface area contributed by atoms with E-state index in [1.807, 2.05) is 24.3 Å². The second-order valence-electron chi connectivity index (χ2n) is 5.24. The molecule has 0 bridgehead atoms. The van der Waals surface area contributed by atoms with E-state index in [1.54, 1.807) is 6.20 Å². The molecular formula is C14H14ClN3O3S. The number of benzene rings is 1. The molecular weight excluding hydrogens is 326 g/mol. The zero-order valence-corrected chi connectivity index (χ0v) is 13.2. The minimum Gasteiger partial charge on any atom is -0.341 e. The molecule has 1 aromatic carbocycles. The van der Waals surface area contributed by atoms with E-state index in [0.29, 0.717) is 13.0 Å². The minimum atomic E-state index is -3.70. The van der Waals surface area contributed by atoms with Gasteiger partial charge in [-0.1, -0.05) is 12.1 Å². The number of hydrogen-bond donors (Lipinski definition) is 0. The number of halogens is 1. The minimum absolute atomic E-state index is 0.0464. The van der Waals surface area contributed by atoms with E-state index in [0.717, 1.165) is 16.7 Å². The van der Waals surface area contributed by atoms with E-state index < -0.39 is 14.3 Å². The largest absolute Gasteiger partial charge is 0.341 e. The first-order valence-electron chi connectivity index (χ1n) is 6.85. The lowest BCUT2D eigenvalue weighted by molar-refractivity contribution is -0.127. The monoisotopic (exact) mass is 339 g/mol. The van der Waals surface area contributed by atoms with Crippen LogP contribution in [0.4, 0.5) is 0 Å². The number of amides is 1. The summed E-state index contributed by atoms with van der Waals surface area (Å²) >= 11 is 0. The van der Waals surface area contributed by atoms with Gasteiger partial charge >= 0.3 is 0 Å². The molecule has 1 unspecified atom stereocenters. The maximum absolute atomic E-state index is 11.8. The predicted octanol–water partition coefficient (Wildman–Crippen LogP) is 1.34. The number of likely N-dealkylation sites (tertiary alicyclic amines) is 1. The normalized spacial score (nSPS) is 19.0. The number of hydrogen-bond acceptors (Lipinski definition) is 5. The van der Waals surface area contributed by atoms with Crippen LogP contribution in [0.3, 0.4) is 0 Å². The molecule has 22 heavy (non-hydrogen) atoms. The summed E-state index contributed by atoms with van der Waals surface area (Å²) in [4.78, 5) is 22.1. The molecule has 0 aliphatic carbocycles. The number of rotatable bonds is 4. The zero-order valence-electron chi connectivity index (χ0n) is 11.6. The molecule has 1 atom stereocenters. The van der Waals surface area contributed by atoms with Gasteiger partial charge in [0.05, 0.1) is 16.7 Å². The van der Waals surface area contributed by atoms with Crippen molar-refractivity contribution in [1.82, 2.24) is 14.9 Å². The quantitative estimate of drug-likeness (QED) is 0.785. The fourth-order valence-corrected chi connectivity index (χ4v) is 3.56. The van der Waals surface area contributed by atoms with Crippen LogP contribution in [0.5, 0.6) is 0 Å². The van der Waals surface area contributed by atoms with Crippen LogP contribution in [0, 0.1) is 0 Å². The Bertz CT molecular complexity index is 825. The Morgan fingerprint density at radius 2 is 2.00 bits per heavy atom. The third-order valence-electron chi connectivity index (χ3n) is 3.71. The van der Waals surface area contributed by atoms with Crippen molar-refractivity contribution in [3.8, 4) is 0 Å². The van der Waals surface area contributed by atoms with Crippen LogP contribution >= 0.6 is 10.7 Å². The van der Waals surface area contributed by atoms with Gasteiger partial charge in [-0.3, -0.25) is 9.78 Å². The second-order valence-corrected chi connectivity index (χ2v) is 8.15. The Hall–Kier alpha value is -1.73.